The van der Waals surface area contributed by atoms with Crippen LogP contribution in [0.25, 0.3) is 10.9 Å². The zero-order chi connectivity index (χ0) is 19.0. The lowest BCUT2D eigenvalue weighted by molar-refractivity contribution is 0.0479. The van der Waals surface area contributed by atoms with Crippen LogP contribution in [-0.2, 0) is 11.8 Å². The van der Waals surface area contributed by atoms with Gasteiger partial charge < -0.3 is 9.64 Å². The molecule has 7 heteroatoms. The number of benzene rings is 1. The monoisotopic (exact) mass is 409 g/mol. The van der Waals surface area contributed by atoms with Crippen LogP contribution < -0.4 is 5.56 Å². The highest BCUT2D eigenvalue weighted by atomic mass is 35.5. The van der Waals surface area contributed by atoms with Crippen molar-refractivity contribution in [2.45, 2.75) is 31.6 Å². The predicted molar refractivity (Wildman–Crippen MR) is 109 cm³/mol. The highest BCUT2D eigenvalue weighted by molar-refractivity contribution is 6.42. The first-order valence-electron chi connectivity index (χ1n) is 9.68. The number of halogens is 2. The molecule has 146 valence electrons. The summed E-state index contributed by atoms with van der Waals surface area (Å²) >= 11 is 12.2. The van der Waals surface area contributed by atoms with Gasteiger partial charge in [-0.3, -0.25) is 9.36 Å². The van der Waals surface area contributed by atoms with Gasteiger partial charge >= 0.3 is 0 Å². The average molecular weight is 410 g/mol. The van der Waals surface area contributed by atoms with Gasteiger partial charge in [0.15, 0.2) is 0 Å². The SMILES string of the molecule is Cn1c([C@@H]2CCCN(CC3CCOCC3)C2)nc2cc(Cl)c(Cl)cc2c1=O. The van der Waals surface area contributed by atoms with Crippen LogP contribution in [-0.4, -0.2) is 47.3 Å². The summed E-state index contributed by atoms with van der Waals surface area (Å²) in [4.78, 5) is 20.2. The Balaban J connectivity index is 1.60. The van der Waals surface area contributed by atoms with Crippen LogP contribution in [0.2, 0.25) is 10.0 Å². The van der Waals surface area contributed by atoms with Crippen molar-refractivity contribution in [3.8, 4) is 0 Å². The molecule has 3 heterocycles. The summed E-state index contributed by atoms with van der Waals surface area (Å²) in [6.45, 7) is 4.95. The van der Waals surface area contributed by atoms with Gasteiger partial charge in [0.1, 0.15) is 5.82 Å². The van der Waals surface area contributed by atoms with Crippen molar-refractivity contribution in [1.82, 2.24) is 14.5 Å². The normalized spacial score (nSPS) is 22.4. The van der Waals surface area contributed by atoms with E-state index in [1.807, 2.05) is 7.05 Å². The number of likely N-dealkylation sites (tertiary alicyclic amines) is 1. The summed E-state index contributed by atoms with van der Waals surface area (Å²) in [6.07, 6.45) is 4.47. The quantitative estimate of drug-likeness (QED) is 0.772. The van der Waals surface area contributed by atoms with Gasteiger partial charge in [-0.1, -0.05) is 23.2 Å². The maximum Gasteiger partial charge on any atom is 0.261 e. The van der Waals surface area contributed by atoms with Gasteiger partial charge in [-0.15, -0.1) is 0 Å². The predicted octanol–water partition coefficient (Wildman–Crippen LogP) is 3.85. The van der Waals surface area contributed by atoms with Crippen molar-refractivity contribution in [3.63, 3.8) is 0 Å². The van der Waals surface area contributed by atoms with E-state index in [9.17, 15) is 4.79 Å². The molecular formula is C20H25Cl2N3O2. The van der Waals surface area contributed by atoms with Crippen molar-refractivity contribution in [2.75, 3.05) is 32.8 Å². The molecule has 0 saturated carbocycles. The molecule has 2 saturated heterocycles. The standard InChI is InChI=1S/C20H25Cl2N3O2/c1-24-19(23-18-10-17(22)16(21)9-15(18)20(24)26)14-3-2-6-25(12-14)11-13-4-7-27-8-5-13/h9-10,13-14H,2-8,11-12H2,1H3/t14-/m1/s1. The molecule has 0 amide bonds. The van der Waals surface area contributed by atoms with Crippen molar-refractivity contribution < 1.29 is 4.74 Å². The second-order valence-corrected chi connectivity index (χ2v) is 8.59. The maximum absolute atomic E-state index is 12.8. The van der Waals surface area contributed by atoms with Gasteiger partial charge in [-0.25, -0.2) is 4.98 Å². The number of ether oxygens (including phenoxy) is 1. The molecule has 0 radical (unpaired) electrons. The van der Waals surface area contributed by atoms with Crippen LogP contribution in [0, 0.1) is 5.92 Å². The second-order valence-electron chi connectivity index (χ2n) is 7.77. The van der Waals surface area contributed by atoms with E-state index in [0.717, 1.165) is 64.4 Å². The van der Waals surface area contributed by atoms with Gasteiger partial charge in [0.2, 0.25) is 0 Å². The lowest BCUT2D eigenvalue weighted by Gasteiger charge is -2.36. The molecule has 2 fully saturated rings. The molecule has 1 aromatic heterocycles. The summed E-state index contributed by atoms with van der Waals surface area (Å²) in [5.41, 5.74) is 0.569. The van der Waals surface area contributed by atoms with Crippen LogP contribution in [0.5, 0.6) is 0 Å². The first-order chi connectivity index (χ1) is 13.0. The number of aromatic nitrogens is 2. The van der Waals surface area contributed by atoms with Gasteiger partial charge in [-0.2, -0.15) is 0 Å². The van der Waals surface area contributed by atoms with Crippen LogP contribution in [0.1, 0.15) is 37.4 Å². The van der Waals surface area contributed by atoms with Crippen molar-refractivity contribution in [1.29, 1.82) is 0 Å². The Morgan fingerprint density at radius 2 is 1.93 bits per heavy atom. The van der Waals surface area contributed by atoms with Gasteiger partial charge in [0.05, 0.1) is 20.9 Å². The lowest BCUT2D eigenvalue weighted by atomic mass is 9.93. The number of piperidine rings is 1. The van der Waals surface area contributed by atoms with E-state index in [2.05, 4.69) is 4.90 Å². The molecule has 2 aliphatic rings. The Morgan fingerprint density at radius 3 is 2.70 bits per heavy atom. The fraction of sp³-hybridized carbons (Fsp3) is 0.600. The fourth-order valence-electron chi connectivity index (χ4n) is 4.37. The second kappa shape index (κ2) is 8.08. The van der Waals surface area contributed by atoms with Crippen molar-refractivity contribution >= 4 is 34.1 Å². The highest BCUT2D eigenvalue weighted by Gasteiger charge is 2.27. The zero-order valence-corrected chi connectivity index (χ0v) is 17.1. The molecule has 4 rings (SSSR count). The van der Waals surface area contributed by atoms with Gasteiger partial charge in [0, 0.05) is 39.3 Å². The summed E-state index contributed by atoms with van der Waals surface area (Å²) in [6, 6.07) is 3.32. The van der Waals surface area contributed by atoms with E-state index in [4.69, 9.17) is 32.9 Å². The van der Waals surface area contributed by atoms with Crippen molar-refractivity contribution in [3.05, 3.63) is 38.4 Å². The molecule has 2 aliphatic heterocycles. The third kappa shape index (κ3) is 4.02. The van der Waals surface area contributed by atoms with E-state index in [1.165, 1.54) is 0 Å². The molecule has 2 aromatic rings. The molecular weight excluding hydrogens is 385 g/mol. The number of rotatable bonds is 3. The fourth-order valence-corrected chi connectivity index (χ4v) is 4.70. The minimum absolute atomic E-state index is 0.0601. The molecule has 5 nitrogen and oxygen atoms in total. The van der Waals surface area contributed by atoms with Gasteiger partial charge in [0.25, 0.3) is 5.56 Å². The summed E-state index contributed by atoms with van der Waals surface area (Å²) in [5, 5.41) is 1.34. The van der Waals surface area contributed by atoms with E-state index < -0.39 is 0 Å². The minimum Gasteiger partial charge on any atom is -0.381 e. The van der Waals surface area contributed by atoms with Crippen LogP contribution in [0.3, 0.4) is 0 Å². The molecule has 27 heavy (non-hydrogen) atoms. The van der Waals surface area contributed by atoms with Crippen LogP contribution >= 0.6 is 23.2 Å². The average Bonchev–Trinajstić information content (AvgIpc) is 2.67. The molecule has 0 N–H and O–H groups in total. The number of nitrogens with zero attached hydrogens (tertiary/aromatic N) is 3. The third-order valence-electron chi connectivity index (χ3n) is 5.88. The summed E-state index contributed by atoms with van der Waals surface area (Å²) in [5.74, 6) is 1.82. The summed E-state index contributed by atoms with van der Waals surface area (Å²) < 4.78 is 7.17. The lowest BCUT2D eigenvalue weighted by Crippen LogP contribution is -2.40. The first-order valence-corrected chi connectivity index (χ1v) is 10.4. The van der Waals surface area contributed by atoms with E-state index in [-0.39, 0.29) is 11.5 Å². The van der Waals surface area contributed by atoms with Crippen LogP contribution in [0.4, 0.5) is 0 Å². The molecule has 0 spiro atoms. The van der Waals surface area contributed by atoms with Crippen LogP contribution in [0.15, 0.2) is 16.9 Å². The Morgan fingerprint density at radius 1 is 1.19 bits per heavy atom. The number of fused-ring (bicyclic) bond motifs is 1. The largest absolute Gasteiger partial charge is 0.381 e. The highest BCUT2D eigenvalue weighted by Crippen LogP contribution is 2.30. The third-order valence-corrected chi connectivity index (χ3v) is 6.60. The Kier molecular flexibility index (Phi) is 5.74. The number of hydrogen-bond acceptors (Lipinski definition) is 4. The Hall–Kier alpha value is -1.14. The number of hydrogen-bond donors (Lipinski definition) is 0. The topological polar surface area (TPSA) is 47.4 Å². The minimum atomic E-state index is -0.0601. The van der Waals surface area contributed by atoms with Crippen molar-refractivity contribution in [2.24, 2.45) is 13.0 Å². The summed E-state index contributed by atoms with van der Waals surface area (Å²) in [7, 11) is 1.81. The van der Waals surface area contributed by atoms with Gasteiger partial charge in [-0.05, 0) is 50.3 Å². The molecule has 0 aliphatic carbocycles. The molecule has 0 unspecified atom stereocenters. The smallest absolute Gasteiger partial charge is 0.261 e. The first kappa shape index (κ1) is 19.2. The van der Waals surface area contributed by atoms with E-state index in [1.54, 1.807) is 16.7 Å². The zero-order valence-electron chi connectivity index (χ0n) is 15.6. The Labute approximate surface area is 169 Å². The van der Waals surface area contributed by atoms with E-state index >= 15 is 0 Å². The Bertz CT molecular complexity index is 893. The molecule has 1 atom stereocenters. The maximum atomic E-state index is 12.8. The van der Waals surface area contributed by atoms with E-state index in [0.29, 0.717) is 26.9 Å². The molecule has 1 aromatic carbocycles. The molecule has 0 bridgehead atoms.